The van der Waals surface area contributed by atoms with E-state index in [9.17, 15) is 14.4 Å². The van der Waals surface area contributed by atoms with Gasteiger partial charge in [0.25, 0.3) is 11.8 Å². The largest absolute Gasteiger partial charge is 0.467 e. The number of rotatable bonds is 7. The Bertz CT molecular complexity index is 1050. The predicted octanol–water partition coefficient (Wildman–Crippen LogP) is 4.52. The molecule has 1 N–H and O–H groups in total. The second-order valence-electron chi connectivity index (χ2n) is 7.67. The molecule has 31 heavy (non-hydrogen) atoms. The molecular formula is C24H24N2O5. The van der Waals surface area contributed by atoms with Gasteiger partial charge in [0.2, 0.25) is 0 Å². The zero-order valence-electron chi connectivity index (χ0n) is 17.2. The molecule has 1 aromatic carbocycles. The van der Waals surface area contributed by atoms with Gasteiger partial charge in [-0.1, -0.05) is 25.0 Å². The van der Waals surface area contributed by atoms with Crippen LogP contribution >= 0.6 is 0 Å². The van der Waals surface area contributed by atoms with E-state index >= 15 is 0 Å². The summed E-state index contributed by atoms with van der Waals surface area (Å²) in [6.07, 6.45) is 6.80. The van der Waals surface area contributed by atoms with Crippen molar-refractivity contribution >= 4 is 23.3 Å². The lowest BCUT2D eigenvalue weighted by atomic mass is 10.1. The first-order chi connectivity index (χ1) is 15.0. The summed E-state index contributed by atoms with van der Waals surface area (Å²) in [7, 11) is 0. The fraction of sp³-hybridized carbons (Fsp3) is 0.292. The molecule has 1 aliphatic carbocycles. The minimum absolute atomic E-state index is 0.0640. The van der Waals surface area contributed by atoms with E-state index in [2.05, 4.69) is 5.32 Å². The molecule has 7 heteroatoms. The van der Waals surface area contributed by atoms with Crippen molar-refractivity contribution in [3.63, 3.8) is 0 Å². The van der Waals surface area contributed by atoms with Gasteiger partial charge < -0.3 is 14.2 Å². The first-order valence-electron chi connectivity index (χ1n) is 10.4. The van der Waals surface area contributed by atoms with Gasteiger partial charge in [0, 0.05) is 17.3 Å². The second-order valence-corrected chi connectivity index (χ2v) is 7.67. The zero-order chi connectivity index (χ0) is 21.8. The van der Waals surface area contributed by atoms with Crippen molar-refractivity contribution in [3.8, 4) is 0 Å². The van der Waals surface area contributed by atoms with Crippen LogP contribution in [0.4, 0.5) is 5.69 Å². The van der Waals surface area contributed by atoms with Crippen molar-refractivity contribution in [2.45, 2.75) is 44.7 Å². The van der Waals surface area contributed by atoms with Gasteiger partial charge in [-0.2, -0.15) is 0 Å². The van der Waals surface area contributed by atoms with Gasteiger partial charge in [0.05, 0.1) is 12.5 Å². The maximum Gasteiger partial charge on any atom is 0.295 e. The predicted molar refractivity (Wildman–Crippen MR) is 114 cm³/mol. The van der Waals surface area contributed by atoms with Crippen molar-refractivity contribution in [2.75, 3.05) is 4.90 Å². The van der Waals surface area contributed by atoms with E-state index < -0.39 is 11.9 Å². The molecule has 160 valence electrons. The number of Topliss-reactive ketones (excluding diaryl/α,β-unsaturated/α-hetero) is 1. The number of carbonyl (C=O) groups is 3. The fourth-order valence-electron chi connectivity index (χ4n) is 3.95. The molecule has 1 saturated carbocycles. The van der Waals surface area contributed by atoms with E-state index in [1.807, 2.05) is 0 Å². The van der Waals surface area contributed by atoms with Gasteiger partial charge in [-0.05, 0) is 56.2 Å². The average Bonchev–Trinajstić information content (AvgIpc) is 3.55. The molecule has 2 aromatic heterocycles. The Morgan fingerprint density at radius 3 is 2.39 bits per heavy atom. The summed E-state index contributed by atoms with van der Waals surface area (Å²) >= 11 is 0. The lowest BCUT2D eigenvalue weighted by molar-refractivity contribution is -0.123. The van der Waals surface area contributed by atoms with E-state index in [1.165, 1.54) is 30.4 Å². The summed E-state index contributed by atoms with van der Waals surface area (Å²) in [5.74, 6) is -0.581. The van der Waals surface area contributed by atoms with Crippen LogP contribution in [0.2, 0.25) is 0 Å². The van der Waals surface area contributed by atoms with E-state index in [1.54, 1.807) is 42.5 Å². The van der Waals surface area contributed by atoms with Crippen LogP contribution in [0.1, 0.15) is 65.3 Å². The summed E-state index contributed by atoms with van der Waals surface area (Å²) in [4.78, 5) is 40.2. The Balaban J connectivity index is 1.79. The van der Waals surface area contributed by atoms with E-state index in [4.69, 9.17) is 8.83 Å². The third-order valence-electron chi connectivity index (χ3n) is 5.50. The third-order valence-corrected chi connectivity index (χ3v) is 5.50. The summed E-state index contributed by atoms with van der Waals surface area (Å²) in [6, 6.07) is 12.1. The van der Waals surface area contributed by atoms with Crippen LogP contribution in [-0.4, -0.2) is 23.6 Å². The number of nitrogens with zero attached hydrogens (tertiary/aromatic N) is 1. The SMILES string of the molecule is CC(=O)c1cccc(N(C(=O)c2ccco2)[C@@H](C(=O)NC2CCCC2)c2ccco2)c1. The summed E-state index contributed by atoms with van der Waals surface area (Å²) < 4.78 is 10.9. The normalized spacial score (nSPS) is 14.9. The lowest BCUT2D eigenvalue weighted by Crippen LogP contribution is -2.46. The molecule has 1 fully saturated rings. The Morgan fingerprint density at radius 1 is 1.00 bits per heavy atom. The Kier molecular flexibility index (Phi) is 6.02. The molecule has 7 nitrogen and oxygen atoms in total. The van der Waals surface area contributed by atoms with Gasteiger partial charge in [0.15, 0.2) is 17.6 Å². The van der Waals surface area contributed by atoms with Gasteiger partial charge >= 0.3 is 0 Å². The van der Waals surface area contributed by atoms with Crippen molar-refractivity contribution in [1.29, 1.82) is 0 Å². The number of hydrogen-bond donors (Lipinski definition) is 1. The quantitative estimate of drug-likeness (QED) is 0.567. The molecule has 1 aliphatic rings. The smallest absolute Gasteiger partial charge is 0.295 e. The second kappa shape index (κ2) is 9.04. The van der Waals surface area contributed by atoms with E-state index in [-0.39, 0.29) is 23.5 Å². The Morgan fingerprint density at radius 2 is 1.74 bits per heavy atom. The molecule has 2 heterocycles. The highest BCUT2D eigenvalue weighted by Gasteiger charge is 2.37. The number of carbonyl (C=O) groups excluding carboxylic acids is 3. The summed E-state index contributed by atoms with van der Waals surface area (Å²) in [6.45, 7) is 1.45. The number of anilines is 1. The van der Waals surface area contributed by atoms with Crippen LogP contribution in [-0.2, 0) is 4.79 Å². The number of ketones is 1. The van der Waals surface area contributed by atoms with Crippen LogP contribution in [0.3, 0.4) is 0 Å². The molecule has 0 aliphatic heterocycles. The van der Waals surface area contributed by atoms with Crippen LogP contribution in [0.15, 0.2) is 69.9 Å². The maximum absolute atomic E-state index is 13.5. The molecule has 0 saturated heterocycles. The monoisotopic (exact) mass is 420 g/mol. The number of hydrogen-bond acceptors (Lipinski definition) is 5. The molecule has 4 rings (SSSR count). The number of nitrogens with one attached hydrogen (secondary N) is 1. The highest BCUT2D eigenvalue weighted by atomic mass is 16.3. The molecule has 0 spiro atoms. The van der Waals surface area contributed by atoms with Gasteiger partial charge in [-0.25, -0.2) is 0 Å². The molecule has 0 bridgehead atoms. The van der Waals surface area contributed by atoms with Crippen molar-refractivity contribution in [1.82, 2.24) is 5.32 Å². The van der Waals surface area contributed by atoms with Crippen LogP contribution in [0, 0.1) is 0 Å². The topological polar surface area (TPSA) is 92.8 Å². The third kappa shape index (κ3) is 4.45. The highest BCUT2D eigenvalue weighted by Crippen LogP contribution is 2.31. The minimum atomic E-state index is -1.06. The van der Waals surface area contributed by atoms with Crippen LogP contribution in [0.25, 0.3) is 0 Å². The van der Waals surface area contributed by atoms with Gasteiger partial charge in [0.1, 0.15) is 5.76 Å². The minimum Gasteiger partial charge on any atom is -0.467 e. The standard InChI is InChI=1S/C24H24N2O5/c1-16(27)17-7-4-10-19(15-17)26(24(29)21-12-6-14-31-21)22(20-11-5-13-30-20)23(28)25-18-8-2-3-9-18/h4-7,10-15,18,22H,2-3,8-9H2,1H3,(H,25,28)/t22-/m1/s1. The Hall–Kier alpha value is -3.61. The molecule has 3 aromatic rings. The van der Waals surface area contributed by atoms with Gasteiger partial charge in [-0.15, -0.1) is 0 Å². The Labute approximate surface area is 180 Å². The average molecular weight is 420 g/mol. The van der Waals surface area contributed by atoms with Crippen molar-refractivity contribution in [2.24, 2.45) is 0 Å². The number of amides is 2. The summed E-state index contributed by atoms with van der Waals surface area (Å²) in [5, 5.41) is 3.06. The molecule has 0 unspecified atom stereocenters. The maximum atomic E-state index is 13.5. The van der Waals surface area contributed by atoms with E-state index in [0.29, 0.717) is 17.0 Å². The van der Waals surface area contributed by atoms with Crippen molar-refractivity contribution in [3.05, 3.63) is 78.1 Å². The zero-order valence-corrected chi connectivity index (χ0v) is 17.2. The fourth-order valence-corrected chi connectivity index (χ4v) is 3.95. The molecule has 0 radical (unpaired) electrons. The number of benzene rings is 1. The molecule has 2 amide bonds. The van der Waals surface area contributed by atoms with Crippen LogP contribution in [0.5, 0.6) is 0 Å². The number of furan rings is 2. The molecular weight excluding hydrogens is 396 g/mol. The van der Waals surface area contributed by atoms with Gasteiger partial charge in [-0.3, -0.25) is 19.3 Å². The van der Waals surface area contributed by atoms with E-state index in [0.717, 1.165) is 25.7 Å². The first kappa shape index (κ1) is 20.7. The van der Waals surface area contributed by atoms with Crippen molar-refractivity contribution < 1.29 is 23.2 Å². The molecule has 1 atom stereocenters. The lowest BCUT2D eigenvalue weighted by Gasteiger charge is -2.30. The summed E-state index contributed by atoms with van der Waals surface area (Å²) in [5.41, 5.74) is 0.834. The van der Waals surface area contributed by atoms with Crippen LogP contribution < -0.4 is 10.2 Å². The highest BCUT2D eigenvalue weighted by molar-refractivity contribution is 6.09. The first-order valence-corrected chi connectivity index (χ1v) is 10.4.